The van der Waals surface area contributed by atoms with Crippen LogP contribution < -0.4 is 15.6 Å². The van der Waals surface area contributed by atoms with Crippen molar-refractivity contribution in [3.63, 3.8) is 0 Å². The molecular formula is C37H28F3N3O2. The zero-order valence-electron chi connectivity index (χ0n) is 24.4. The molecule has 0 unspecified atom stereocenters. The van der Waals surface area contributed by atoms with Crippen molar-refractivity contribution in [3.8, 4) is 22.6 Å². The second-order valence-electron chi connectivity index (χ2n) is 10.7. The molecule has 5 nitrogen and oxygen atoms in total. The molecule has 0 fully saturated rings. The van der Waals surface area contributed by atoms with E-state index in [0.717, 1.165) is 61.9 Å². The van der Waals surface area contributed by atoms with Gasteiger partial charge in [-0.2, -0.15) is 13.2 Å². The van der Waals surface area contributed by atoms with E-state index in [1.165, 1.54) is 18.2 Å². The van der Waals surface area contributed by atoms with Gasteiger partial charge >= 0.3 is 6.18 Å². The van der Waals surface area contributed by atoms with E-state index in [9.17, 15) is 18.0 Å². The van der Waals surface area contributed by atoms with Gasteiger partial charge in [0.1, 0.15) is 12.4 Å². The number of alkyl halides is 3. The Balaban J connectivity index is 1.36. The van der Waals surface area contributed by atoms with Crippen molar-refractivity contribution in [2.75, 3.05) is 5.32 Å². The molecule has 0 spiro atoms. The number of nitrogens with zero attached hydrogens (tertiary/aromatic N) is 2. The second kappa shape index (κ2) is 11.8. The number of fused-ring (bicyclic) bond motifs is 3. The van der Waals surface area contributed by atoms with Crippen LogP contribution in [0.2, 0.25) is 0 Å². The maximum absolute atomic E-state index is 13.4. The number of ether oxygens (including phenoxy) is 1. The summed E-state index contributed by atoms with van der Waals surface area (Å²) in [6.45, 7) is 9.80. The van der Waals surface area contributed by atoms with E-state index in [2.05, 4.69) is 23.5 Å². The van der Waals surface area contributed by atoms with E-state index < -0.39 is 11.7 Å². The molecule has 0 atom stereocenters. The molecule has 2 aromatic heterocycles. The molecule has 0 radical (unpaired) electrons. The summed E-state index contributed by atoms with van der Waals surface area (Å²) in [6, 6.07) is 27.5. The standard InChI is InChI=1S/C37H28F3N3O2/c1-4-24(3)42-34-20-30(15-8-23(34)2)43-35(44)17-14-28-21-41-33-16-13-27(18-32(33)36(28)43)26-11-9-25(10-12-26)22-45-31-7-5-6-29(19-31)37(38,39)40/h4-21,42H,1,3,22H2,2H3. The summed E-state index contributed by atoms with van der Waals surface area (Å²) in [7, 11) is 0. The van der Waals surface area contributed by atoms with Gasteiger partial charge in [0.05, 0.1) is 22.3 Å². The van der Waals surface area contributed by atoms with Crippen LogP contribution >= 0.6 is 0 Å². The molecule has 6 aromatic rings. The van der Waals surface area contributed by atoms with Crippen LogP contribution in [0.4, 0.5) is 18.9 Å². The van der Waals surface area contributed by atoms with Gasteiger partial charge in [0.2, 0.25) is 0 Å². The lowest BCUT2D eigenvalue weighted by Crippen LogP contribution is -2.18. The van der Waals surface area contributed by atoms with Crippen LogP contribution in [0.5, 0.6) is 5.75 Å². The number of rotatable bonds is 8. The third kappa shape index (κ3) is 6.08. The number of aryl methyl sites for hydroxylation is 1. The molecule has 2 heterocycles. The number of nitrogens with one attached hydrogen (secondary N) is 1. The molecule has 45 heavy (non-hydrogen) atoms. The third-order valence-electron chi connectivity index (χ3n) is 7.59. The van der Waals surface area contributed by atoms with Gasteiger partial charge in [-0.3, -0.25) is 14.3 Å². The highest BCUT2D eigenvalue weighted by atomic mass is 19.4. The van der Waals surface area contributed by atoms with Crippen molar-refractivity contribution in [1.29, 1.82) is 0 Å². The Hall–Kier alpha value is -5.63. The van der Waals surface area contributed by atoms with Gasteiger partial charge in [-0.25, -0.2) is 0 Å². The first-order chi connectivity index (χ1) is 21.6. The van der Waals surface area contributed by atoms with Crippen LogP contribution in [-0.4, -0.2) is 9.55 Å². The van der Waals surface area contributed by atoms with E-state index in [1.54, 1.807) is 22.9 Å². The predicted octanol–water partition coefficient (Wildman–Crippen LogP) is 9.22. The fourth-order valence-electron chi connectivity index (χ4n) is 5.18. The van der Waals surface area contributed by atoms with Crippen molar-refractivity contribution < 1.29 is 17.9 Å². The summed E-state index contributed by atoms with van der Waals surface area (Å²) < 4.78 is 46.5. The predicted molar refractivity (Wildman–Crippen MR) is 174 cm³/mol. The Morgan fingerprint density at radius 3 is 2.49 bits per heavy atom. The van der Waals surface area contributed by atoms with Crippen LogP contribution in [0.15, 0.2) is 133 Å². The SMILES string of the molecule is C=CC(=C)Nc1cc(-n2c(=O)ccc3cnc4ccc(-c5ccc(COc6cccc(C(F)(F)F)c6)cc5)cc4c32)ccc1C. The van der Waals surface area contributed by atoms with E-state index in [-0.39, 0.29) is 17.9 Å². The van der Waals surface area contributed by atoms with Crippen LogP contribution in [0.3, 0.4) is 0 Å². The van der Waals surface area contributed by atoms with Crippen molar-refractivity contribution in [3.05, 3.63) is 155 Å². The van der Waals surface area contributed by atoms with Crippen LogP contribution in [-0.2, 0) is 12.8 Å². The number of anilines is 1. The lowest BCUT2D eigenvalue weighted by atomic mass is 10.0. The molecule has 0 saturated heterocycles. The van der Waals surface area contributed by atoms with Gasteiger partial charge in [0.15, 0.2) is 0 Å². The molecule has 0 aliphatic heterocycles. The summed E-state index contributed by atoms with van der Waals surface area (Å²) in [4.78, 5) is 18.0. The van der Waals surface area contributed by atoms with Crippen molar-refractivity contribution in [1.82, 2.24) is 9.55 Å². The number of aromatic nitrogens is 2. The van der Waals surface area contributed by atoms with Crippen molar-refractivity contribution in [2.45, 2.75) is 19.7 Å². The molecule has 0 aliphatic carbocycles. The Morgan fingerprint density at radius 1 is 0.956 bits per heavy atom. The van der Waals surface area contributed by atoms with Gasteiger partial charge < -0.3 is 10.1 Å². The average Bonchev–Trinajstić information content (AvgIpc) is 3.04. The number of benzene rings is 4. The molecule has 224 valence electrons. The van der Waals surface area contributed by atoms with Crippen molar-refractivity contribution >= 4 is 27.5 Å². The number of allylic oxidation sites excluding steroid dienone is 1. The smallest absolute Gasteiger partial charge is 0.416 e. The highest BCUT2D eigenvalue weighted by molar-refractivity contribution is 6.05. The summed E-state index contributed by atoms with van der Waals surface area (Å²) >= 11 is 0. The number of hydrogen-bond acceptors (Lipinski definition) is 4. The largest absolute Gasteiger partial charge is 0.489 e. The normalized spacial score (nSPS) is 11.5. The molecular weight excluding hydrogens is 575 g/mol. The summed E-state index contributed by atoms with van der Waals surface area (Å²) in [5, 5.41) is 4.86. The monoisotopic (exact) mass is 603 g/mol. The van der Waals surface area contributed by atoms with Crippen LogP contribution in [0.25, 0.3) is 38.6 Å². The molecule has 0 saturated carbocycles. The zero-order valence-corrected chi connectivity index (χ0v) is 24.4. The number of halogens is 3. The van der Waals surface area contributed by atoms with Crippen LogP contribution in [0, 0.1) is 6.92 Å². The van der Waals surface area contributed by atoms with Gasteiger partial charge in [-0.1, -0.05) is 55.6 Å². The Kier molecular flexibility index (Phi) is 7.72. The first-order valence-electron chi connectivity index (χ1n) is 14.1. The lowest BCUT2D eigenvalue weighted by molar-refractivity contribution is -0.137. The summed E-state index contributed by atoms with van der Waals surface area (Å²) in [5.41, 5.74) is 6.34. The minimum absolute atomic E-state index is 0.119. The summed E-state index contributed by atoms with van der Waals surface area (Å²) in [6.07, 6.45) is -1.04. The minimum Gasteiger partial charge on any atom is -0.489 e. The van der Waals surface area contributed by atoms with E-state index in [1.807, 2.05) is 67.6 Å². The maximum Gasteiger partial charge on any atom is 0.416 e. The van der Waals surface area contributed by atoms with Gasteiger partial charge in [0, 0.05) is 34.4 Å². The molecule has 1 N–H and O–H groups in total. The quantitative estimate of drug-likeness (QED) is 0.139. The molecule has 8 heteroatoms. The van der Waals surface area contributed by atoms with Crippen LogP contribution in [0.1, 0.15) is 16.7 Å². The Labute approximate surface area is 257 Å². The maximum atomic E-state index is 13.4. The number of pyridine rings is 2. The number of hydrogen-bond donors (Lipinski definition) is 1. The first-order valence-corrected chi connectivity index (χ1v) is 14.1. The molecule has 6 rings (SSSR count). The Bertz CT molecular complexity index is 2150. The van der Waals surface area contributed by atoms with E-state index in [0.29, 0.717) is 11.4 Å². The molecule has 0 amide bonds. The molecule has 0 bridgehead atoms. The highest BCUT2D eigenvalue weighted by Crippen LogP contribution is 2.33. The van der Waals surface area contributed by atoms with E-state index >= 15 is 0 Å². The Morgan fingerprint density at radius 2 is 1.73 bits per heavy atom. The molecule has 4 aromatic carbocycles. The van der Waals surface area contributed by atoms with Gasteiger partial charge in [0.25, 0.3) is 5.56 Å². The fraction of sp³-hybridized carbons (Fsp3) is 0.0811. The first kappa shape index (κ1) is 29.4. The van der Waals surface area contributed by atoms with Gasteiger partial charge in [-0.05, 0) is 83.8 Å². The van der Waals surface area contributed by atoms with Crippen molar-refractivity contribution in [2.24, 2.45) is 0 Å². The minimum atomic E-state index is -4.43. The van der Waals surface area contributed by atoms with Gasteiger partial charge in [-0.15, -0.1) is 0 Å². The molecule has 0 aliphatic rings. The third-order valence-corrected chi connectivity index (χ3v) is 7.59. The van der Waals surface area contributed by atoms with E-state index in [4.69, 9.17) is 4.74 Å². The topological polar surface area (TPSA) is 56.2 Å². The summed E-state index contributed by atoms with van der Waals surface area (Å²) in [5.74, 6) is 0.149. The zero-order chi connectivity index (χ0) is 31.7. The fourth-order valence-corrected chi connectivity index (χ4v) is 5.18. The lowest BCUT2D eigenvalue weighted by Gasteiger charge is -2.16. The highest BCUT2D eigenvalue weighted by Gasteiger charge is 2.30. The second-order valence-corrected chi connectivity index (χ2v) is 10.7. The average molecular weight is 604 g/mol.